The van der Waals surface area contributed by atoms with Crippen LogP contribution in [0.25, 0.3) is 0 Å². The van der Waals surface area contributed by atoms with Crippen LogP contribution in [0.3, 0.4) is 0 Å². The van der Waals surface area contributed by atoms with Gasteiger partial charge in [-0.15, -0.1) is 10.1 Å². The third kappa shape index (κ3) is 16.3. The molecule has 0 unspecified atom stereocenters. The number of nitrogens with zero attached hydrogens (tertiary/aromatic N) is 3. The summed E-state index contributed by atoms with van der Waals surface area (Å²) in [6, 6.07) is 0. The lowest BCUT2D eigenvalue weighted by atomic mass is 11.0. The largest absolute Gasteiger partial charge is 0.344 e. The molecular formula is C2H6N4O4. The molecule has 0 aromatic carbocycles. The maximum Gasteiger partial charge on any atom is 0.291 e. The summed E-state index contributed by atoms with van der Waals surface area (Å²) in [5.41, 5.74) is 0. The van der Waals surface area contributed by atoms with E-state index in [4.69, 9.17) is 15.3 Å². The van der Waals surface area contributed by atoms with E-state index in [0.29, 0.717) is 0 Å². The first-order chi connectivity index (χ1) is 4.23. The van der Waals surface area contributed by atoms with Crippen molar-refractivity contribution >= 4 is 0 Å². The van der Waals surface area contributed by atoms with Crippen molar-refractivity contribution in [3.63, 3.8) is 0 Å². The molecule has 0 spiro atoms. The summed E-state index contributed by atoms with van der Waals surface area (Å²) in [4.78, 5) is 8.36. The Labute approximate surface area is 55.1 Å². The number of aromatic nitrogens is 2. The summed E-state index contributed by atoms with van der Waals surface area (Å²) in [6.07, 6.45) is 2.94. The predicted octanol–water partition coefficient (Wildman–Crippen LogP) is -0.116. The van der Waals surface area contributed by atoms with Gasteiger partial charge < -0.3 is 11.4 Å². The van der Waals surface area contributed by atoms with Crippen molar-refractivity contribution in [1.82, 2.24) is 16.5 Å². The van der Waals surface area contributed by atoms with Crippen LogP contribution in [0, 0.1) is 10.1 Å². The summed E-state index contributed by atoms with van der Waals surface area (Å²) < 4.78 is 4.08. The molecule has 0 aliphatic rings. The van der Waals surface area contributed by atoms with Crippen LogP contribution in [-0.2, 0) is 0 Å². The third-order valence-electron chi connectivity index (χ3n) is 0.283. The van der Waals surface area contributed by atoms with Crippen molar-refractivity contribution in [1.29, 1.82) is 0 Å². The predicted molar refractivity (Wildman–Crippen MR) is 28.1 cm³/mol. The molecule has 4 N–H and O–H groups in total. The second-order valence-electron chi connectivity index (χ2n) is 0.828. The highest BCUT2D eigenvalue weighted by Gasteiger charge is 1.65. The van der Waals surface area contributed by atoms with Gasteiger partial charge in [-0.2, -0.15) is 0 Å². The monoisotopic (exact) mass is 150 g/mol. The summed E-state index contributed by atoms with van der Waals surface area (Å²) in [5, 5.41) is 20.1. The lowest BCUT2D eigenvalue weighted by Gasteiger charge is -1.56. The standard InChI is InChI=1S/C2H2N2O.HNO3.H3N/c1-2-4-5-3-1;2-1(3)4;/h1-2H;(H,2,3,4);1H3. The summed E-state index contributed by atoms with van der Waals surface area (Å²) in [6.45, 7) is 0. The van der Waals surface area contributed by atoms with E-state index in [0.717, 1.165) is 0 Å². The SMILES string of the molecule is N.O=[N+]([O-])O.c1cnon1. The third-order valence-corrected chi connectivity index (χ3v) is 0.283. The van der Waals surface area contributed by atoms with Crippen LogP contribution in [0.5, 0.6) is 0 Å². The molecule has 58 valence electrons. The van der Waals surface area contributed by atoms with Crippen molar-refractivity contribution in [2.75, 3.05) is 0 Å². The Balaban J connectivity index is 0. The zero-order valence-electron chi connectivity index (χ0n) is 4.88. The van der Waals surface area contributed by atoms with Crippen molar-refractivity contribution in [2.24, 2.45) is 0 Å². The molecule has 0 amide bonds. The Morgan fingerprint density at radius 2 is 1.80 bits per heavy atom. The minimum atomic E-state index is -1.50. The molecule has 1 aromatic rings. The molecule has 8 heteroatoms. The highest BCUT2D eigenvalue weighted by molar-refractivity contribution is 4.51. The van der Waals surface area contributed by atoms with Gasteiger partial charge in [0.25, 0.3) is 5.09 Å². The van der Waals surface area contributed by atoms with Gasteiger partial charge in [0, 0.05) is 0 Å². The fraction of sp³-hybridized carbons (Fsp3) is 0. The van der Waals surface area contributed by atoms with E-state index in [1.807, 2.05) is 0 Å². The zero-order valence-corrected chi connectivity index (χ0v) is 4.88. The molecule has 0 saturated carbocycles. The van der Waals surface area contributed by atoms with Crippen LogP contribution in [0.15, 0.2) is 17.0 Å². The summed E-state index contributed by atoms with van der Waals surface area (Å²) in [7, 11) is 0. The zero-order chi connectivity index (χ0) is 7.11. The van der Waals surface area contributed by atoms with Crippen molar-refractivity contribution in [2.45, 2.75) is 0 Å². The molecule has 0 bridgehead atoms. The van der Waals surface area contributed by atoms with Crippen LogP contribution >= 0.6 is 0 Å². The quantitative estimate of drug-likeness (QED) is 0.388. The molecule has 10 heavy (non-hydrogen) atoms. The molecule has 0 aliphatic heterocycles. The minimum Gasteiger partial charge on any atom is -0.344 e. The number of rotatable bonds is 0. The van der Waals surface area contributed by atoms with Gasteiger partial charge in [-0.25, -0.2) is 4.63 Å². The van der Waals surface area contributed by atoms with Crippen molar-refractivity contribution < 1.29 is 14.9 Å². The summed E-state index contributed by atoms with van der Waals surface area (Å²) >= 11 is 0. The first kappa shape index (κ1) is 11.1. The molecule has 0 atom stereocenters. The first-order valence-corrected chi connectivity index (χ1v) is 1.78. The normalized spacial score (nSPS) is 6.40. The van der Waals surface area contributed by atoms with E-state index in [-0.39, 0.29) is 6.15 Å². The smallest absolute Gasteiger partial charge is 0.291 e. The Hall–Kier alpha value is -1.70. The Morgan fingerprint density at radius 3 is 1.90 bits per heavy atom. The molecule has 1 aromatic heterocycles. The van der Waals surface area contributed by atoms with Crippen LogP contribution in [0.4, 0.5) is 0 Å². The fourth-order valence-electron chi connectivity index (χ4n) is 0.136. The Morgan fingerprint density at radius 1 is 1.50 bits per heavy atom. The van der Waals surface area contributed by atoms with E-state index in [1.165, 1.54) is 12.4 Å². The van der Waals surface area contributed by atoms with Gasteiger partial charge in [0.15, 0.2) is 0 Å². The molecule has 0 aliphatic carbocycles. The average Bonchev–Trinajstić information content (AvgIpc) is 2.11. The first-order valence-electron chi connectivity index (χ1n) is 1.78. The van der Waals surface area contributed by atoms with E-state index in [9.17, 15) is 0 Å². The second kappa shape index (κ2) is 7.30. The van der Waals surface area contributed by atoms with Gasteiger partial charge in [0.1, 0.15) is 0 Å². The maximum atomic E-state index is 8.36. The number of hydrogen-bond acceptors (Lipinski definition) is 6. The molecule has 0 fully saturated rings. The Bertz CT molecular complexity index is 129. The topological polar surface area (TPSA) is 137 Å². The van der Waals surface area contributed by atoms with Gasteiger partial charge in [-0.3, -0.25) is 0 Å². The maximum absolute atomic E-state index is 8.36. The van der Waals surface area contributed by atoms with E-state index in [2.05, 4.69) is 14.9 Å². The van der Waals surface area contributed by atoms with Gasteiger partial charge in [0.2, 0.25) is 0 Å². The van der Waals surface area contributed by atoms with Crippen molar-refractivity contribution in [3.8, 4) is 0 Å². The van der Waals surface area contributed by atoms with Crippen LogP contribution in [-0.4, -0.2) is 20.6 Å². The molecule has 0 radical (unpaired) electrons. The molecule has 8 nitrogen and oxygen atoms in total. The number of hydrogen-bond donors (Lipinski definition) is 2. The molecule has 1 rings (SSSR count). The van der Waals surface area contributed by atoms with E-state index >= 15 is 0 Å². The van der Waals surface area contributed by atoms with Gasteiger partial charge in [-0.05, 0) is 0 Å². The lowest BCUT2D eigenvalue weighted by Crippen LogP contribution is -1.81. The van der Waals surface area contributed by atoms with Gasteiger partial charge in [-0.1, -0.05) is 10.3 Å². The van der Waals surface area contributed by atoms with Crippen LogP contribution in [0.1, 0.15) is 0 Å². The fourth-order valence-corrected chi connectivity index (χ4v) is 0.136. The Kier molecular flexibility index (Phi) is 8.14. The molecular weight excluding hydrogens is 144 g/mol. The van der Waals surface area contributed by atoms with E-state index in [1.54, 1.807) is 0 Å². The van der Waals surface area contributed by atoms with Crippen molar-refractivity contribution in [3.05, 3.63) is 22.5 Å². The summed E-state index contributed by atoms with van der Waals surface area (Å²) in [5.74, 6) is 0. The van der Waals surface area contributed by atoms with Gasteiger partial charge in [0.05, 0.1) is 12.4 Å². The van der Waals surface area contributed by atoms with Crippen LogP contribution in [0.2, 0.25) is 0 Å². The second-order valence-corrected chi connectivity index (χ2v) is 0.828. The van der Waals surface area contributed by atoms with Crippen LogP contribution < -0.4 is 6.15 Å². The van der Waals surface area contributed by atoms with E-state index < -0.39 is 5.09 Å². The van der Waals surface area contributed by atoms with Gasteiger partial charge >= 0.3 is 0 Å². The minimum absolute atomic E-state index is 0. The highest BCUT2D eigenvalue weighted by Crippen LogP contribution is 1.62. The molecule has 0 saturated heterocycles. The average molecular weight is 150 g/mol. The lowest BCUT2D eigenvalue weighted by molar-refractivity contribution is -0.742. The highest BCUT2D eigenvalue weighted by atomic mass is 16.9. The molecule has 1 heterocycles.